The van der Waals surface area contributed by atoms with Crippen molar-refractivity contribution >= 4 is 27.5 Å². The summed E-state index contributed by atoms with van der Waals surface area (Å²) in [6.07, 6.45) is 0.938. The van der Waals surface area contributed by atoms with Gasteiger partial charge in [-0.25, -0.2) is 4.98 Å². The molecule has 1 amide bonds. The van der Waals surface area contributed by atoms with Gasteiger partial charge < -0.3 is 14.1 Å². The third kappa shape index (κ3) is 4.40. The van der Waals surface area contributed by atoms with Gasteiger partial charge in [0.05, 0.1) is 17.3 Å². The fourth-order valence-corrected chi connectivity index (χ4v) is 4.95. The van der Waals surface area contributed by atoms with Crippen LogP contribution in [0.5, 0.6) is 5.75 Å². The summed E-state index contributed by atoms with van der Waals surface area (Å²) in [6.45, 7) is 4.09. The molecule has 7 heteroatoms. The molecule has 32 heavy (non-hydrogen) atoms. The van der Waals surface area contributed by atoms with Gasteiger partial charge in [0.2, 0.25) is 0 Å². The quantitative estimate of drug-likeness (QED) is 0.435. The molecule has 0 atom stereocenters. The number of amides is 1. The number of ether oxygens (including phenoxy) is 1. The molecule has 0 aliphatic carbocycles. The Morgan fingerprint density at radius 2 is 1.88 bits per heavy atom. The third-order valence-corrected chi connectivity index (χ3v) is 6.81. The van der Waals surface area contributed by atoms with E-state index in [4.69, 9.17) is 9.15 Å². The first kappa shape index (κ1) is 20.7. The van der Waals surface area contributed by atoms with Gasteiger partial charge in [0.25, 0.3) is 5.91 Å². The predicted molar refractivity (Wildman–Crippen MR) is 126 cm³/mol. The van der Waals surface area contributed by atoms with Crippen LogP contribution in [0.4, 0.5) is 0 Å². The lowest BCUT2D eigenvalue weighted by Gasteiger charge is -2.21. The van der Waals surface area contributed by atoms with Crippen LogP contribution in [0.1, 0.15) is 22.5 Å². The summed E-state index contributed by atoms with van der Waals surface area (Å²) >= 11 is 1.57. The molecule has 0 spiro atoms. The zero-order chi connectivity index (χ0) is 21.9. The van der Waals surface area contributed by atoms with E-state index in [1.54, 1.807) is 24.5 Å². The molecule has 1 aliphatic rings. The van der Waals surface area contributed by atoms with Crippen molar-refractivity contribution in [3.8, 4) is 16.5 Å². The van der Waals surface area contributed by atoms with Crippen LogP contribution >= 0.6 is 11.3 Å². The molecule has 1 fully saturated rings. The van der Waals surface area contributed by atoms with E-state index in [0.717, 1.165) is 53.6 Å². The molecular formula is C25H25N3O3S. The van der Waals surface area contributed by atoms with E-state index in [1.807, 2.05) is 47.4 Å². The van der Waals surface area contributed by atoms with E-state index < -0.39 is 0 Å². The number of hydrogen-bond acceptors (Lipinski definition) is 6. The highest BCUT2D eigenvalue weighted by molar-refractivity contribution is 7.21. The average molecular weight is 448 g/mol. The van der Waals surface area contributed by atoms with Crippen molar-refractivity contribution in [3.05, 3.63) is 72.0 Å². The molecule has 0 radical (unpaired) electrons. The number of carbonyl (C=O) groups is 1. The number of furan rings is 1. The maximum absolute atomic E-state index is 13.1. The number of benzene rings is 2. The Morgan fingerprint density at radius 3 is 2.69 bits per heavy atom. The lowest BCUT2D eigenvalue weighted by molar-refractivity contribution is 0.0730. The molecule has 0 saturated carbocycles. The molecule has 2 aromatic heterocycles. The summed E-state index contributed by atoms with van der Waals surface area (Å²) in [5.74, 6) is 1.84. The van der Waals surface area contributed by atoms with E-state index in [0.29, 0.717) is 18.1 Å². The Hall–Kier alpha value is -3.16. The monoisotopic (exact) mass is 447 g/mol. The second kappa shape index (κ2) is 9.14. The van der Waals surface area contributed by atoms with Gasteiger partial charge in [0, 0.05) is 32.7 Å². The Bertz CT molecular complexity index is 1180. The normalized spacial score (nSPS) is 15.1. The van der Waals surface area contributed by atoms with Crippen molar-refractivity contribution in [2.75, 3.05) is 33.3 Å². The zero-order valence-electron chi connectivity index (χ0n) is 18.0. The summed E-state index contributed by atoms with van der Waals surface area (Å²) < 4.78 is 12.3. The predicted octanol–water partition coefficient (Wildman–Crippen LogP) is 4.91. The number of thiazole rings is 1. The Balaban J connectivity index is 1.23. The van der Waals surface area contributed by atoms with Crippen LogP contribution in [-0.4, -0.2) is 54.0 Å². The van der Waals surface area contributed by atoms with Crippen molar-refractivity contribution in [1.82, 2.24) is 14.8 Å². The van der Waals surface area contributed by atoms with E-state index in [1.165, 1.54) is 5.56 Å². The number of methoxy groups -OCH3 is 1. The average Bonchev–Trinajstić information content (AvgIpc) is 3.42. The lowest BCUT2D eigenvalue weighted by atomic mass is 10.2. The molecule has 0 bridgehead atoms. The second-order valence-corrected chi connectivity index (χ2v) is 8.95. The van der Waals surface area contributed by atoms with Crippen molar-refractivity contribution in [2.24, 2.45) is 0 Å². The number of nitrogens with zero attached hydrogens (tertiary/aromatic N) is 3. The van der Waals surface area contributed by atoms with Crippen molar-refractivity contribution in [3.63, 3.8) is 0 Å². The maximum atomic E-state index is 13.1. The van der Waals surface area contributed by atoms with Gasteiger partial charge in [-0.15, -0.1) is 11.3 Å². The highest BCUT2D eigenvalue weighted by Crippen LogP contribution is 2.31. The number of para-hydroxylation sites is 1. The van der Waals surface area contributed by atoms with Crippen LogP contribution in [0.15, 0.2) is 65.1 Å². The topological polar surface area (TPSA) is 58.8 Å². The van der Waals surface area contributed by atoms with Gasteiger partial charge in [0.15, 0.2) is 16.5 Å². The van der Waals surface area contributed by atoms with Gasteiger partial charge in [-0.05, 0) is 48.4 Å². The smallest absolute Gasteiger partial charge is 0.289 e. The molecule has 6 nitrogen and oxygen atoms in total. The lowest BCUT2D eigenvalue weighted by Crippen LogP contribution is -2.34. The molecule has 0 unspecified atom stereocenters. The summed E-state index contributed by atoms with van der Waals surface area (Å²) in [5.41, 5.74) is 2.19. The minimum Gasteiger partial charge on any atom is -0.497 e. The van der Waals surface area contributed by atoms with E-state index >= 15 is 0 Å². The number of rotatable bonds is 5. The zero-order valence-corrected chi connectivity index (χ0v) is 18.8. The van der Waals surface area contributed by atoms with Gasteiger partial charge in [-0.2, -0.15) is 0 Å². The van der Waals surface area contributed by atoms with Crippen molar-refractivity contribution < 1.29 is 13.9 Å². The first-order valence-electron chi connectivity index (χ1n) is 10.8. The van der Waals surface area contributed by atoms with Crippen LogP contribution in [0.3, 0.4) is 0 Å². The minimum atomic E-state index is -0.0522. The molecule has 5 rings (SSSR count). The van der Waals surface area contributed by atoms with Crippen LogP contribution < -0.4 is 4.74 Å². The maximum Gasteiger partial charge on any atom is 0.289 e. The highest BCUT2D eigenvalue weighted by Gasteiger charge is 2.23. The van der Waals surface area contributed by atoms with Gasteiger partial charge >= 0.3 is 0 Å². The molecule has 1 saturated heterocycles. The first-order valence-corrected chi connectivity index (χ1v) is 11.6. The van der Waals surface area contributed by atoms with Crippen LogP contribution in [0.25, 0.3) is 21.0 Å². The number of aromatic nitrogens is 1. The Morgan fingerprint density at radius 1 is 1.03 bits per heavy atom. The number of fused-ring (bicyclic) bond motifs is 1. The van der Waals surface area contributed by atoms with Crippen molar-refractivity contribution in [2.45, 2.75) is 13.0 Å². The second-order valence-electron chi connectivity index (χ2n) is 7.92. The third-order valence-electron chi connectivity index (χ3n) is 5.76. The van der Waals surface area contributed by atoms with E-state index in [9.17, 15) is 4.79 Å². The van der Waals surface area contributed by atoms with Gasteiger partial charge in [-0.1, -0.05) is 24.3 Å². The number of hydrogen-bond donors (Lipinski definition) is 0. The Kier molecular flexibility index (Phi) is 5.92. The fourth-order valence-electron chi connectivity index (χ4n) is 4.02. The standard InChI is InChI=1S/C25H25N3O3S/c1-30-19-9-7-18(8-10-19)17-27-13-4-14-28(16-15-27)25(29)22-12-11-21(31-22)24-26-20-5-2-3-6-23(20)32-24/h2-3,5-12H,4,13-17H2,1H3. The summed E-state index contributed by atoms with van der Waals surface area (Å²) in [7, 11) is 1.68. The van der Waals surface area contributed by atoms with Crippen molar-refractivity contribution in [1.29, 1.82) is 0 Å². The van der Waals surface area contributed by atoms with E-state index in [-0.39, 0.29) is 5.91 Å². The molecule has 2 aromatic carbocycles. The first-order chi connectivity index (χ1) is 15.7. The molecule has 0 N–H and O–H groups in total. The summed E-state index contributed by atoms with van der Waals surface area (Å²) in [6, 6.07) is 19.8. The summed E-state index contributed by atoms with van der Waals surface area (Å²) in [5, 5.41) is 0.798. The van der Waals surface area contributed by atoms with Crippen LogP contribution in [-0.2, 0) is 6.54 Å². The van der Waals surface area contributed by atoms with Crippen LogP contribution in [0.2, 0.25) is 0 Å². The van der Waals surface area contributed by atoms with Gasteiger partial charge in [0.1, 0.15) is 5.75 Å². The van der Waals surface area contributed by atoms with Crippen LogP contribution in [0, 0.1) is 0 Å². The van der Waals surface area contributed by atoms with E-state index in [2.05, 4.69) is 22.0 Å². The molecule has 3 heterocycles. The molecule has 4 aromatic rings. The fraction of sp³-hybridized carbons (Fsp3) is 0.280. The van der Waals surface area contributed by atoms with Gasteiger partial charge in [-0.3, -0.25) is 9.69 Å². The highest BCUT2D eigenvalue weighted by atomic mass is 32.1. The largest absolute Gasteiger partial charge is 0.497 e. The molecular weight excluding hydrogens is 422 g/mol. The molecule has 164 valence electrons. The number of carbonyl (C=O) groups excluding carboxylic acids is 1. The molecule has 1 aliphatic heterocycles. The Labute approximate surface area is 191 Å². The minimum absolute atomic E-state index is 0.0522. The SMILES string of the molecule is COc1ccc(CN2CCCN(C(=O)c3ccc(-c4nc5ccccc5s4)o3)CC2)cc1. The summed E-state index contributed by atoms with van der Waals surface area (Å²) in [4.78, 5) is 22.0.